The van der Waals surface area contributed by atoms with Gasteiger partial charge in [-0.05, 0) is 35.6 Å². The molecule has 4 atom stereocenters. The lowest BCUT2D eigenvalue weighted by Gasteiger charge is -2.27. The van der Waals surface area contributed by atoms with Gasteiger partial charge < -0.3 is 20.4 Å². The van der Waals surface area contributed by atoms with Crippen molar-refractivity contribution >= 4 is 12.0 Å². The maximum Gasteiger partial charge on any atom is 0.404 e. The number of aliphatic hydroxyl groups is 1. The Bertz CT molecular complexity index is 891. The normalized spacial score (nSPS) is 20.7. The van der Waals surface area contributed by atoms with E-state index in [9.17, 15) is 24.2 Å². The van der Waals surface area contributed by atoms with E-state index in [1.165, 1.54) is 12.1 Å². The van der Waals surface area contributed by atoms with Gasteiger partial charge in [-0.1, -0.05) is 56.3 Å². The van der Waals surface area contributed by atoms with Crippen molar-refractivity contribution in [2.45, 2.75) is 51.2 Å². The highest BCUT2D eigenvalue weighted by atomic mass is 19.1. The van der Waals surface area contributed by atoms with Crippen LogP contribution in [0.3, 0.4) is 0 Å². The molecule has 0 bridgehead atoms. The van der Waals surface area contributed by atoms with Gasteiger partial charge in [0.05, 0.1) is 18.3 Å². The molecule has 1 fully saturated rings. The molecule has 2 amide bonds. The molecule has 0 radical (unpaired) electrons. The number of aliphatic hydroxyl groups excluding tert-OH is 1. The van der Waals surface area contributed by atoms with Crippen molar-refractivity contribution in [2.24, 2.45) is 5.92 Å². The fourth-order valence-electron chi connectivity index (χ4n) is 3.94. The average molecular weight is 429 g/mol. The summed E-state index contributed by atoms with van der Waals surface area (Å²) in [4.78, 5) is 26.2. The predicted octanol–water partition coefficient (Wildman–Crippen LogP) is 2.35. The molecule has 31 heavy (non-hydrogen) atoms. The van der Waals surface area contributed by atoms with Gasteiger partial charge in [-0.25, -0.2) is 9.18 Å². The van der Waals surface area contributed by atoms with Crippen molar-refractivity contribution in [3.05, 3.63) is 71.5 Å². The number of benzene rings is 2. The smallest absolute Gasteiger partial charge is 0.404 e. The molecule has 2 aromatic rings. The first kappa shape index (κ1) is 22.7. The minimum atomic E-state index is -1.27. The van der Waals surface area contributed by atoms with E-state index in [1.807, 2.05) is 44.2 Å². The fraction of sp³-hybridized carbons (Fsp3) is 0.391. The van der Waals surface area contributed by atoms with Gasteiger partial charge in [0, 0.05) is 6.54 Å². The van der Waals surface area contributed by atoms with Crippen LogP contribution < -0.4 is 10.6 Å². The zero-order valence-corrected chi connectivity index (χ0v) is 17.5. The Morgan fingerprint density at radius 3 is 2.35 bits per heavy atom. The lowest BCUT2D eigenvalue weighted by molar-refractivity contribution is -0.133. The van der Waals surface area contributed by atoms with Crippen molar-refractivity contribution in [3.8, 4) is 0 Å². The van der Waals surface area contributed by atoms with Crippen molar-refractivity contribution < 1.29 is 24.2 Å². The molecular formula is C23H28FN3O4. The molecule has 1 aliphatic heterocycles. The molecule has 1 saturated heterocycles. The molecule has 1 heterocycles. The summed E-state index contributed by atoms with van der Waals surface area (Å²) >= 11 is 0. The van der Waals surface area contributed by atoms with Crippen LogP contribution in [0.5, 0.6) is 0 Å². The number of hydrogen-bond donors (Lipinski definition) is 4. The molecule has 1 unspecified atom stereocenters. The summed E-state index contributed by atoms with van der Waals surface area (Å²) in [6.45, 7) is 4.16. The Kier molecular flexibility index (Phi) is 7.25. The Balaban J connectivity index is 1.80. The predicted molar refractivity (Wildman–Crippen MR) is 114 cm³/mol. The maximum absolute atomic E-state index is 13.2. The minimum Gasteiger partial charge on any atom is -0.465 e. The number of hydrogen-bond acceptors (Lipinski definition) is 4. The van der Waals surface area contributed by atoms with Crippen LogP contribution in [0, 0.1) is 11.7 Å². The summed E-state index contributed by atoms with van der Waals surface area (Å²) in [7, 11) is 0. The van der Waals surface area contributed by atoms with Crippen LogP contribution in [-0.4, -0.2) is 51.5 Å². The molecule has 2 aromatic carbocycles. The summed E-state index contributed by atoms with van der Waals surface area (Å²) in [5, 5.41) is 25.8. The molecule has 8 heteroatoms. The molecule has 166 valence electrons. The van der Waals surface area contributed by atoms with Crippen LogP contribution >= 0.6 is 0 Å². The Hall–Kier alpha value is -2.97. The van der Waals surface area contributed by atoms with Crippen LogP contribution in [0.2, 0.25) is 0 Å². The number of nitrogens with one attached hydrogen (secondary N) is 2. The summed E-state index contributed by atoms with van der Waals surface area (Å²) in [5.41, 5.74) is 1.61. The van der Waals surface area contributed by atoms with Gasteiger partial charge in [0.25, 0.3) is 0 Å². The molecule has 0 spiro atoms. The third-order valence-corrected chi connectivity index (χ3v) is 5.49. The second-order valence-electron chi connectivity index (χ2n) is 8.16. The highest BCUT2D eigenvalue weighted by Gasteiger charge is 2.45. The molecule has 7 nitrogen and oxygen atoms in total. The van der Waals surface area contributed by atoms with Gasteiger partial charge in [-0.15, -0.1) is 0 Å². The number of carbonyl (C=O) groups is 2. The second-order valence-corrected chi connectivity index (χ2v) is 8.16. The topological polar surface area (TPSA) is 102 Å². The molecule has 1 aliphatic rings. The highest BCUT2D eigenvalue weighted by Crippen LogP contribution is 2.24. The van der Waals surface area contributed by atoms with E-state index in [0.29, 0.717) is 0 Å². The first-order valence-corrected chi connectivity index (χ1v) is 10.3. The quantitative estimate of drug-likeness (QED) is 0.516. The van der Waals surface area contributed by atoms with Gasteiger partial charge in [0.2, 0.25) is 5.91 Å². The Morgan fingerprint density at radius 1 is 1.13 bits per heavy atom. The monoisotopic (exact) mass is 429 g/mol. The van der Waals surface area contributed by atoms with E-state index >= 15 is 0 Å². The highest BCUT2D eigenvalue weighted by molar-refractivity contribution is 5.85. The van der Waals surface area contributed by atoms with E-state index in [4.69, 9.17) is 0 Å². The number of rotatable bonds is 8. The third-order valence-electron chi connectivity index (χ3n) is 5.49. The van der Waals surface area contributed by atoms with Gasteiger partial charge >= 0.3 is 6.09 Å². The van der Waals surface area contributed by atoms with E-state index in [2.05, 4.69) is 10.6 Å². The number of amides is 2. The Morgan fingerprint density at radius 2 is 1.77 bits per heavy atom. The van der Waals surface area contributed by atoms with Crippen LogP contribution in [0.15, 0.2) is 54.6 Å². The van der Waals surface area contributed by atoms with Crippen molar-refractivity contribution in [3.63, 3.8) is 0 Å². The number of halogens is 1. The lowest BCUT2D eigenvalue weighted by Crippen LogP contribution is -2.55. The van der Waals surface area contributed by atoms with Gasteiger partial charge in [-0.2, -0.15) is 0 Å². The molecule has 0 saturated carbocycles. The van der Waals surface area contributed by atoms with Crippen LogP contribution in [0.4, 0.5) is 9.18 Å². The fourth-order valence-corrected chi connectivity index (χ4v) is 3.94. The van der Waals surface area contributed by atoms with Gasteiger partial charge in [0.1, 0.15) is 11.9 Å². The lowest BCUT2D eigenvalue weighted by atomic mass is 9.96. The van der Waals surface area contributed by atoms with Crippen LogP contribution in [-0.2, 0) is 17.8 Å². The van der Waals surface area contributed by atoms with Crippen LogP contribution in [0.1, 0.15) is 25.0 Å². The molecule has 0 aromatic heterocycles. The van der Waals surface area contributed by atoms with Gasteiger partial charge in [-0.3, -0.25) is 10.1 Å². The SMILES string of the molecule is CC(C)C1N[C@@H]([C@H](O)[C@H](Cc2ccccc2)NC(=O)O)C(=O)N1Cc1ccc(F)cc1. The molecular weight excluding hydrogens is 401 g/mol. The minimum absolute atomic E-state index is 0.0432. The van der Waals surface area contributed by atoms with Crippen molar-refractivity contribution in [2.75, 3.05) is 0 Å². The molecule has 0 aliphatic carbocycles. The second kappa shape index (κ2) is 9.89. The third kappa shape index (κ3) is 5.59. The summed E-state index contributed by atoms with van der Waals surface area (Å²) in [6, 6.07) is 13.3. The largest absolute Gasteiger partial charge is 0.465 e. The van der Waals surface area contributed by atoms with Crippen LogP contribution in [0.25, 0.3) is 0 Å². The van der Waals surface area contributed by atoms with E-state index in [0.717, 1.165) is 11.1 Å². The first-order valence-electron chi connectivity index (χ1n) is 10.3. The summed E-state index contributed by atoms with van der Waals surface area (Å²) < 4.78 is 13.2. The van der Waals surface area contributed by atoms with Crippen molar-refractivity contribution in [1.29, 1.82) is 0 Å². The number of nitrogens with zero attached hydrogens (tertiary/aromatic N) is 1. The maximum atomic E-state index is 13.2. The Labute approximate surface area is 180 Å². The summed E-state index contributed by atoms with van der Waals surface area (Å²) in [5.74, 6) is -0.630. The zero-order valence-electron chi connectivity index (χ0n) is 17.5. The number of carbonyl (C=O) groups excluding carboxylic acids is 1. The van der Waals surface area contributed by atoms with Crippen molar-refractivity contribution in [1.82, 2.24) is 15.5 Å². The standard InChI is InChI=1S/C23H28FN3O4/c1-14(2)21-26-19(22(29)27(21)13-16-8-10-17(24)11-9-16)20(28)18(25-23(30)31)12-15-6-4-3-5-7-15/h3-11,14,18-21,25-26,28H,12-13H2,1-2H3,(H,30,31)/t18-,19-,20+,21?/m0/s1. The van der Waals surface area contributed by atoms with E-state index in [-0.39, 0.29) is 36.8 Å². The molecule has 3 rings (SSSR count). The van der Waals surface area contributed by atoms with E-state index in [1.54, 1.807) is 17.0 Å². The van der Waals surface area contributed by atoms with E-state index < -0.39 is 24.3 Å². The number of carboxylic acid groups (broad SMARTS) is 1. The first-order chi connectivity index (χ1) is 14.8. The van der Waals surface area contributed by atoms with Gasteiger partial charge in [0.15, 0.2) is 0 Å². The average Bonchev–Trinajstić information content (AvgIpc) is 3.05. The molecule has 4 N–H and O–H groups in total. The summed E-state index contributed by atoms with van der Waals surface area (Å²) in [6.07, 6.45) is -2.65. The zero-order chi connectivity index (χ0) is 22.5.